The maximum Gasteiger partial charge on any atom is 0.256 e. The number of rotatable bonds is 9. The summed E-state index contributed by atoms with van der Waals surface area (Å²) in [7, 11) is 0. The summed E-state index contributed by atoms with van der Waals surface area (Å²) >= 11 is 0. The Morgan fingerprint density at radius 2 is 2.17 bits per heavy atom. The molecule has 0 unspecified atom stereocenters. The van der Waals surface area contributed by atoms with E-state index in [1.807, 2.05) is 13.8 Å². The molecule has 1 saturated carbocycles. The molecule has 5 heteroatoms. The molecule has 0 heterocycles. The minimum absolute atomic E-state index is 0.192. The Morgan fingerprint density at radius 1 is 1.42 bits per heavy atom. The second-order valence-corrected chi connectivity index (χ2v) is 6.29. The SMILES string of the molecule is CCCCOc1ccc(NC(=O)[C@@](C)(OCC)C2CC2)c(C#N)c1. The lowest BCUT2D eigenvalue weighted by Gasteiger charge is -2.28. The monoisotopic (exact) mass is 330 g/mol. The summed E-state index contributed by atoms with van der Waals surface area (Å²) in [6, 6.07) is 7.29. The van der Waals surface area contributed by atoms with Gasteiger partial charge in [0.05, 0.1) is 17.9 Å². The molecule has 1 aromatic rings. The molecule has 1 aliphatic rings. The van der Waals surface area contributed by atoms with Crippen LogP contribution in [0, 0.1) is 17.2 Å². The number of hydrogen-bond donors (Lipinski definition) is 1. The number of carbonyl (C=O) groups excluding carboxylic acids is 1. The largest absolute Gasteiger partial charge is 0.494 e. The number of nitrogens with zero attached hydrogens (tertiary/aromatic N) is 1. The first kappa shape index (κ1) is 18.3. The number of hydrogen-bond acceptors (Lipinski definition) is 4. The van der Waals surface area contributed by atoms with Crippen molar-refractivity contribution in [1.82, 2.24) is 0 Å². The van der Waals surface area contributed by atoms with Crippen LogP contribution in [0.4, 0.5) is 5.69 Å². The van der Waals surface area contributed by atoms with Gasteiger partial charge in [-0.2, -0.15) is 5.26 Å². The Hall–Kier alpha value is -2.06. The number of carbonyl (C=O) groups is 1. The first-order chi connectivity index (χ1) is 11.5. The van der Waals surface area contributed by atoms with Crippen LogP contribution >= 0.6 is 0 Å². The number of benzene rings is 1. The average Bonchev–Trinajstić information content (AvgIpc) is 3.41. The minimum Gasteiger partial charge on any atom is -0.494 e. The zero-order valence-electron chi connectivity index (χ0n) is 14.7. The van der Waals surface area contributed by atoms with Crippen molar-refractivity contribution in [2.45, 2.75) is 52.1 Å². The van der Waals surface area contributed by atoms with Gasteiger partial charge in [0, 0.05) is 6.61 Å². The van der Waals surface area contributed by atoms with E-state index in [2.05, 4.69) is 18.3 Å². The fraction of sp³-hybridized carbons (Fsp3) is 0.579. The molecular formula is C19H26N2O3. The summed E-state index contributed by atoms with van der Waals surface area (Å²) in [6.07, 6.45) is 4.02. The highest BCUT2D eigenvalue weighted by Gasteiger charge is 2.48. The van der Waals surface area contributed by atoms with E-state index in [0.29, 0.717) is 30.2 Å². The van der Waals surface area contributed by atoms with Crippen molar-refractivity contribution in [2.75, 3.05) is 18.5 Å². The van der Waals surface area contributed by atoms with Gasteiger partial charge in [0.25, 0.3) is 5.91 Å². The van der Waals surface area contributed by atoms with Gasteiger partial charge in [-0.05, 0) is 57.2 Å². The maximum atomic E-state index is 12.7. The molecule has 5 nitrogen and oxygen atoms in total. The van der Waals surface area contributed by atoms with Gasteiger partial charge in [-0.3, -0.25) is 4.79 Å². The van der Waals surface area contributed by atoms with Gasteiger partial charge >= 0.3 is 0 Å². The van der Waals surface area contributed by atoms with Crippen LogP contribution in [0.1, 0.15) is 52.0 Å². The highest BCUT2D eigenvalue weighted by Crippen LogP contribution is 2.42. The molecule has 0 aliphatic heterocycles. The molecule has 0 bridgehead atoms. The van der Waals surface area contributed by atoms with Crippen molar-refractivity contribution in [3.05, 3.63) is 23.8 Å². The summed E-state index contributed by atoms with van der Waals surface area (Å²) in [5.74, 6) is 0.704. The normalized spacial score (nSPS) is 16.1. The fourth-order valence-corrected chi connectivity index (χ4v) is 2.70. The molecule has 130 valence electrons. The summed E-state index contributed by atoms with van der Waals surface area (Å²) in [5.41, 5.74) is 0.0570. The van der Waals surface area contributed by atoms with E-state index < -0.39 is 5.60 Å². The minimum atomic E-state index is -0.836. The maximum absolute atomic E-state index is 12.7. The molecule has 0 aromatic heterocycles. The molecular weight excluding hydrogens is 304 g/mol. The van der Waals surface area contributed by atoms with E-state index in [1.165, 1.54) is 0 Å². The van der Waals surface area contributed by atoms with Crippen LogP contribution in [0.2, 0.25) is 0 Å². The first-order valence-electron chi connectivity index (χ1n) is 8.67. The van der Waals surface area contributed by atoms with Crippen molar-refractivity contribution in [1.29, 1.82) is 5.26 Å². The van der Waals surface area contributed by atoms with Crippen LogP contribution < -0.4 is 10.1 Å². The van der Waals surface area contributed by atoms with Crippen LogP contribution in [-0.4, -0.2) is 24.7 Å². The predicted octanol–water partition coefficient (Wildman–Crippen LogP) is 3.88. The third kappa shape index (κ3) is 4.27. The first-order valence-corrected chi connectivity index (χ1v) is 8.67. The van der Waals surface area contributed by atoms with Crippen molar-refractivity contribution in [3.8, 4) is 11.8 Å². The van der Waals surface area contributed by atoms with E-state index in [4.69, 9.17) is 9.47 Å². The Bertz CT molecular complexity index is 620. The lowest BCUT2D eigenvalue weighted by Crippen LogP contribution is -2.45. The van der Waals surface area contributed by atoms with Gasteiger partial charge in [-0.25, -0.2) is 0 Å². The number of anilines is 1. The summed E-state index contributed by atoms with van der Waals surface area (Å²) < 4.78 is 11.3. The molecule has 1 amide bonds. The van der Waals surface area contributed by atoms with E-state index in [1.54, 1.807) is 18.2 Å². The molecule has 24 heavy (non-hydrogen) atoms. The van der Waals surface area contributed by atoms with Crippen molar-refractivity contribution >= 4 is 11.6 Å². The van der Waals surface area contributed by atoms with Crippen LogP contribution in [0.15, 0.2) is 18.2 Å². The molecule has 0 spiro atoms. The van der Waals surface area contributed by atoms with Crippen LogP contribution in [0.25, 0.3) is 0 Å². The Balaban J connectivity index is 2.11. The van der Waals surface area contributed by atoms with Crippen LogP contribution in [-0.2, 0) is 9.53 Å². The van der Waals surface area contributed by atoms with Gasteiger partial charge < -0.3 is 14.8 Å². The van der Waals surface area contributed by atoms with Gasteiger partial charge in [0.1, 0.15) is 17.4 Å². The van der Waals surface area contributed by atoms with Gasteiger partial charge in [0.15, 0.2) is 0 Å². The standard InChI is InChI=1S/C19H26N2O3/c1-4-6-11-23-16-9-10-17(14(12-16)13-20)21-18(22)19(3,24-5-2)15-7-8-15/h9-10,12,15H,4-8,11H2,1-3H3,(H,21,22)/t19-/m0/s1. The molecule has 1 aromatic carbocycles. The average molecular weight is 330 g/mol. The number of nitrogens with one attached hydrogen (secondary N) is 1. The topological polar surface area (TPSA) is 71.3 Å². The van der Waals surface area contributed by atoms with E-state index in [-0.39, 0.29) is 11.8 Å². The molecule has 1 fully saturated rings. The lowest BCUT2D eigenvalue weighted by molar-refractivity contribution is -0.141. The predicted molar refractivity (Wildman–Crippen MR) is 92.9 cm³/mol. The van der Waals surface area contributed by atoms with Gasteiger partial charge in [0.2, 0.25) is 0 Å². The Kier molecular flexibility index (Phi) is 6.22. The third-order valence-corrected chi connectivity index (χ3v) is 4.38. The van der Waals surface area contributed by atoms with E-state index >= 15 is 0 Å². The second kappa shape index (κ2) is 8.16. The number of nitriles is 1. The number of unbranched alkanes of at least 4 members (excludes halogenated alkanes) is 1. The smallest absolute Gasteiger partial charge is 0.256 e. The van der Waals surface area contributed by atoms with Crippen molar-refractivity contribution < 1.29 is 14.3 Å². The third-order valence-electron chi connectivity index (χ3n) is 4.38. The zero-order chi connectivity index (χ0) is 17.6. The van der Waals surface area contributed by atoms with Crippen molar-refractivity contribution in [2.24, 2.45) is 5.92 Å². The molecule has 0 radical (unpaired) electrons. The van der Waals surface area contributed by atoms with E-state index in [9.17, 15) is 10.1 Å². The molecule has 1 aliphatic carbocycles. The van der Waals surface area contributed by atoms with E-state index in [0.717, 1.165) is 25.7 Å². The summed E-state index contributed by atoms with van der Waals surface area (Å²) in [6.45, 7) is 6.92. The molecule has 1 N–H and O–H groups in total. The number of amides is 1. The Labute approximate surface area is 144 Å². The summed E-state index contributed by atoms with van der Waals surface area (Å²) in [5, 5.41) is 12.2. The quantitative estimate of drug-likeness (QED) is 0.697. The van der Waals surface area contributed by atoms with Gasteiger partial charge in [-0.1, -0.05) is 13.3 Å². The zero-order valence-corrected chi connectivity index (χ0v) is 14.7. The highest BCUT2D eigenvalue weighted by molar-refractivity contribution is 5.98. The number of ether oxygens (including phenoxy) is 2. The van der Waals surface area contributed by atoms with Crippen molar-refractivity contribution in [3.63, 3.8) is 0 Å². The molecule has 2 rings (SSSR count). The second-order valence-electron chi connectivity index (χ2n) is 6.29. The highest BCUT2D eigenvalue weighted by atomic mass is 16.5. The fourth-order valence-electron chi connectivity index (χ4n) is 2.70. The van der Waals surface area contributed by atoms with Gasteiger partial charge in [-0.15, -0.1) is 0 Å². The summed E-state index contributed by atoms with van der Waals surface area (Å²) in [4.78, 5) is 12.7. The Morgan fingerprint density at radius 3 is 2.75 bits per heavy atom. The molecule has 0 saturated heterocycles. The van der Waals surface area contributed by atoms with Crippen LogP contribution in [0.5, 0.6) is 5.75 Å². The lowest BCUT2D eigenvalue weighted by atomic mass is 9.98. The van der Waals surface area contributed by atoms with Crippen LogP contribution in [0.3, 0.4) is 0 Å². The molecule has 1 atom stereocenters.